The second kappa shape index (κ2) is 8.96. The van der Waals surface area contributed by atoms with Gasteiger partial charge in [0.15, 0.2) is 0 Å². The number of anilines is 1. The second-order valence-electron chi connectivity index (χ2n) is 7.36. The van der Waals surface area contributed by atoms with E-state index in [0.717, 1.165) is 22.1 Å². The number of hydrogen-bond donors (Lipinski definition) is 2. The highest BCUT2D eigenvalue weighted by Crippen LogP contribution is 2.32. The molecule has 1 aliphatic rings. The fourth-order valence-corrected chi connectivity index (χ4v) is 3.55. The summed E-state index contributed by atoms with van der Waals surface area (Å²) in [4.78, 5) is 50.2. The minimum atomic E-state index is -1.14. The van der Waals surface area contributed by atoms with Gasteiger partial charge in [-0.1, -0.05) is 37.3 Å². The number of carboxylic acid groups (broad SMARTS) is 1. The summed E-state index contributed by atoms with van der Waals surface area (Å²) in [6, 6.07) is 15.5. The molecular weight excluding hydrogens is 424 g/mol. The molecule has 1 aliphatic heterocycles. The number of carboxylic acids is 1. The van der Waals surface area contributed by atoms with Crippen molar-refractivity contribution >= 4 is 46.4 Å². The molecule has 8 heteroatoms. The molecule has 0 unspecified atom stereocenters. The Bertz CT molecular complexity index is 1310. The number of nitrogens with zero attached hydrogens (tertiary/aromatic N) is 1. The molecule has 166 valence electrons. The van der Waals surface area contributed by atoms with Crippen molar-refractivity contribution in [2.75, 3.05) is 11.5 Å². The first kappa shape index (κ1) is 21.8. The van der Waals surface area contributed by atoms with Crippen LogP contribution in [-0.2, 0) is 9.59 Å². The van der Waals surface area contributed by atoms with Gasteiger partial charge in [-0.2, -0.15) is 0 Å². The summed E-state index contributed by atoms with van der Waals surface area (Å²) in [6.45, 7) is 2.42. The van der Waals surface area contributed by atoms with Gasteiger partial charge in [0.2, 0.25) is 0 Å². The van der Waals surface area contributed by atoms with Crippen LogP contribution in [0.3, 0.4) is 0 Å². The number of carbonyl (C=O) groups is 4. The molecule has 4 amide bonds. The minimum absolute atomic E-state index is 0.00364. The first-order valence-electron chi connectivity index (χ1n) is 10.3. The minimum Gasteiger partial charge on any atom is -0.493 e. The van der Waals surface area contributed by atoms with Crippen molar-refractivity contribution in [3.63, 3.8) is 0 Å². The smallest absolute Gasteiger partial charge is 0.335 e. The fourth-order valence-electron chi connectivity index (χ4n) is 3.55. The van der Waals surface area contributed by atoms with E-state index < -0.39 is 23.8 Å². The molecule has 2 N–H and O–H groups in total. The largest absolute Gasteiger partial charge is 0.493 e. The Kier molecular flexibility index (Phi) is 5.91. The number of imide groups is 2. The number of ether oxygens (including phenoxy) is 1. The summed E-state index contributed by atoms with van der Waals surface area (Å²) in [5, 5.41) is 12.9. The maximum Gasteiger partial charge on any atom is 0.335 e. The van der Waals surface area contributed by atoms with E-state index in [1.807, 2.05) is 37.3 Å². The van der Waals surface area contributed by atoms with Gasteiger partial charge in [-0.25, -0.2) is 14.5 Å². The lowest BCUT2D eigenvalue weighted by atomic mass is 9.99. The molecule has 1 fully saturated rings. The average molecular weight is 444 g/mol. The van der Waals surface area contributed by atoms with Crippen molar-refractivity contribution in [3.8, 4) is 5.75 Å². The number of urea groups is 1. The Morgan fingerprint density at radius 2 is 1.76 bits per heavy atom. The van der Waals surface area contributed by atoms with Gasteiger partial charge in [0.1, 0.15) is 11.3 Å². The van der Waals surface area contributed by atoms with Crippen molar-refractivity contribution in [3.05, 3.63) is 77.4 Å². The SMILES string of the molecule is CCCOc1ccc2ccccc2c1/C=C1\C(=O)NC(=O)N(c2ccc(C(=O)O)cc2)C1=O. The zero-order valence-electron chi connectivity index (χ0n) is 17.7. The third-order valence-electron chi connectivity index (χ3n) is 5.16. The zero-order chi connectivity index (χ0) is 23.5. The lowest BCUT2D eigenvalue weighted by Gasteiger charge is -2.26. The standard InChI is InChI=1S/C25H20N2O6/c1-2-13-33-21-12-9-15-5-3-4-6-18(15)19(21)14-20-22(28)26-25(32)27(23(20)29)17-10-7-16(8-11-17)24(30)31/h3-12,14H,2,13H2,1H3,(H,30,31)(H,26,28,32)/b20-14+. The number of aromatic carboxylic acids is 1. The highest BCUT2D eigenvalue weighted by Gasteiger charge is 2.37. The highest BCUT2D eigenvalue weighted by atomic mass is 16.5. The van der Waals surface area contributed by atoms with Gasteiger partial charge in [0.05, 0.1) is 17.9 Å². The number of barbiturate groups is 1. The highest BCUT2D eigenvalue weighted by molar-refractivity contribution is 6.39. The van der Waals surface area contributed by atoms with Crippen LogP contribution >= 0.6 is 0 Å². The number of amides is 4. The van der Waals surface area contributed by atoms with Crippen molar-refractivity contribution in [2.45, 2.75) is 13.3 Å². The zero-order valence-corrected chi connectivity index (χ0v) is 17.7. The molecule has 0 spiro atoms. The Balaban J connectivity index is 1.81. The number of fused-ring (bicyclic) bond motifs is 1. The first-order valence-corrected chi connectivity index (χ1v) is 10.3. The van der Waals surface area contributed by atoms with Crippen molar-refractivity contribution < 1.29 is 29.0 Å². The summed E-state index contributed by atoms with van der Waals surface area (Å²) in [5.74, 6) is -2.26. The molecule has 1 heterocycles. The van der Waals surface area contributed by atoms with Crippen LogP contribution < -0.4 is 15.0 Å². The predicted octanol–water partition coefficient (Wildman–Crippen LogP) is 3.99. The molecule has 0 aliphatic carbocycles. The van der Waals surface area contributed by atoms with Crippen molar-refractivity contribution in [1.29, 1.82) is 0 Å². The van der Waals surface area contributed by atoms with Crippen LogP contribution in [0.5, 0.6) is 5.75 Å². The molecule has 1 saturated heterocycles. The van der Waals surface area contributed by atoms with Gasteiger partial charge >= 0.3 is 12.0 Å². The first-order chi connectivity index (χ1) is 15.9. The molecule has 4 rings (SSSR count). The second-order valence-corrected chi connectivity index (χ2v) is 7.36. The van der Waals surface area contributed by atoms with Crippen LogP contribution in [0.1, 0.15) is 29.3 Å². The fraction of sp³-hybridized carbons (Fsp3) is 0.120. The molecule has 3 aromatic carbocycles. The molecule has 0 saturated carbocycles. The summed E-state index contributed by atoms with van der Waals surface area (Å²) >= 11 is 0. The van der Waals surface area contributed by atoms with E-state index in [9.17, 15) is 19.2 Å². The molecule has 0 atom stereocenters. The summed E-state index contributed by atoms with van der Waals surface area (Å²) in [7, 11) is 0. The monoisotopic (exact) mass is 444 g/mol. The average Bonchev–Trinajstić information content (AvgIpc) is 2.81. The Labute approximate surface area is 189 Å². The number of rotatable bonds is 6. The van der Waals surface area contributed by atoms with Crippen LogP contribution in [0.15, 0.2) is 66.2 Å². The van der Waals surface area contributed by atoms with Gasteiger partial charge < -0.3 is 9.84 Å². The van der Waals surface area contributed by atoms with E-state index in [1.54, 1.807) is 6.07 Å². The predicted molar refractivity (Wildman–Crippen MR) is 122 cm³/mol. The lowest BCUT2D eigenvalue weighted by molar-refractivity contribution is -0.122. The van der Waals surface area contributed by atoms with Crippen LogP contribution in [0.25, 0.3) is 16.8 Å². The normalized spacial score (nSPS) is 15.1. The van der Waals surface area contributed by atoms with Gasteiger partial charge in [-0.15, -0.1) is 0 Å². The van der Waals surface area contributed by atoms with E-state index in [2.05, 4.69) is 5.32 Å². The maximum absolute atomic E-state index is 13.3. The number of benzene rings is 3. The Hall–Kier alpha value is -4.46. The number of carbonyl (C=O) groups excluding carboxylic acids is 3. The molecule has 0 bridgehead atoms. The third kappa shape index (κ3) is 4.18. The molecule has 0 radical (unpaired) electrons. The topological polar surface area (TPSA) is 113 Å². The quantitative estimate of drug-likeness (QED) is 0.439. The van der Waals surface area contributed by atoms with Crippen LogP contribution in [0.4, 0.5) is 10.5 Å². The Morgan fingerprint density at radius 3 is 2.45 bits per heavy atom. The van der Waals surface area contributed by atoms with Gasteiger partial charge in [0, 0.05) is 5.56 Å². The van der Waals surface area contributed by atoms with Gasteiger partial charge in [-0.3, -0.25) is 14.9 Å². The van der Waals surface area contributed by atoms with Crippen LogP contribution in [0.2, 0.25) is 0 Å². The molecular formula is C25H20N2O6. The van der Waals surface area contributed by atoms with E-state index in [1.165, 1.54) is 30.3 Å². The van der Waals surface area contributed by atoms with E-state index >= 15 is 0 Å². The van der Waals surface area contributed by atoms with Gasteiger partial charge in [0.25, 0.3) is 11.8 Å². The van der Waals surface area contributed by atoms with Crippen molar-refractivity contribution in [2.24, 2.45) is 0 Å². The number of hydrogen-bond acceptors (Lipinski definition) is 5. The summed E-state index contributed by atoms with van der Waals surface area (Å²) in [5.41, 5.74) is 0.454. The van der Waals surface area contributed by atoms with E-state index in [-0.39, 0.29) is 16.8 Å². The molecule has 33 heavy (non-hydrogen) atoms. The van der Waals surface area contributed by atoms with E-state index in [4.69, 9.17) is 9.84 Å². The van der Waals surface area contributed by atoms with E-state index in [0.29, 0.717) is 17.9 Å². The maximum atomic E-state index is 13.3. The lowest BCUT2D eigenvalue weighted by Crippen LogP contribution is -2.54. The van der Waals surface area contributed by atoms with Crippen LogP contribution in [-0.4, -0.2) is 35.5 Å². The Morgan fingerprint density at radius 1 is 1.03 bits per heavy atom. The van der Waals surface area contributed by atoms with Crippen molar-refractivity contribution in [1.82, 2.24) is 5.32 Å². The molecule has 0 aromatic heterocycles. The number of nitrogens with one attached hydrogen (secondary N) is 1. The molecule has 8 nitrogen and oxygen atoms in total. The van der Waals surface area contributed by atoms with Gasteiger partial charge in [-0.05, 0) is 53.6 Å². The molecule has 3 aromatic rings. The summed E-state index contributed by atoms with van der Waals surface area (Å²) in [6.07, 6.45) is 2.20. The third-order valence-corrected chi connectivity index (χ3v) is 5.16. The summed E-state index contributed by atoms with van der Waals surface area (Å²) < 4.78 is 5.85. The van der Waals surface area contributed by atoms with Crippen LogP contribution in [0, 0.1) is 0 Å².